The van der Waals surface area contributed by atoms with Gasteiger partial charge in [0, 0.05) is 10.2 Å². The number of nitrogens with zero attached hydrogens (tertiary/aromatic N) is 1. The molecule has 126 valence electrons. The van der Waals surface area contributed by atoms with Gasteiger partial charge in [0.1, 0.15) is 5.82 Å². The summed E-state index contributed by atoms with van der Waals surface area (Å²) in [5.74, 6) is 0.655. The molecule has 25 heavy (non-hydrogen) atoms. The van der Waals surface area contributed by atoms with Crippen LogP contribution in [0.25, 0.3) is 0 Å². The van der Waals surface area contributed by atoms with E-state index in [-0.39, 0.29) is 5.91 Å². The van der Waals surface area contributed by atoms with Gasteiger partial charge < -0.3 is 10.6 Å². The average molecular weight is 396 g/mol. The van der Waals surface area contributed by atoms with Crippen molar-refractivity contribution in [3.05, 3.63) is 82.5 Å². The third-order valence-electron chi connectivity index (χ3n) is 3.65. The lowest BCUT2D eigenvalue weighted by Gasteiger charge is -2.09. The Hall–Kier alpha value is -2.66. The predicted molar refractivity (Wildman–Crippen MR) is 105 cm³/mol. The first kappa shape index (κ1) is 17.2. The number of carbonyl (C=O) groups is 1. The molecule has 0 fully saturated rings. The van der Waals surface area contributed by atoms with Crippen LogP contribution in [-0.2, 0) is 11.2 Å². The number of halogens is 1. The van der Waals surface area contributed by atoms with Crippen LogP contribution < -0.4 is 10.6 Å². The topological polar surface area (TPSA) is 54.0 Å². The first-order valence-electron chi connectivity index (χ1n) is 7.93. The van der Waals surface area contributed by atoms with Crippen LogP contribution in [0, 0.1) is 6.92 Å². The molecule has 1 aromatic heterocycles. The van der Waals surface area contributed by atoms with Crippen molar-refractivity contribution >= 4 is 39.0 Å². The lowest BCUT2D eigenvalue weighted by Crippen LogP contribution is -2.14. The van der Waals surface area contributed by atoms with E-state index >= 15 is 0 Å². The van der Waals surface area contributed by atoms with Crippen LogP contribution >= 0.6 is 15.9 Å². The van der Waals surface area contributed by atoms with Crippen molar-refractivity contribution in [2.75, 3.05) is 10.6 Å². The van der Waals surface area contributed by atoms with Gasteiger partial charge in [-0.05, 0) is 48.4 Å². The molecule has 0 radical (unpaired) electrons. The van der Waals surface area contributed by atoms with Crippen molar-refractivity contribution in [2.24, 2.45) is 0 Å². The molecule has 1 amide bonds. The Kier molecular flexibility index (Phi) is 5.46. The van der Waals surface area contributed by atoms with E-state index in [0.29, 0.717) is 12.1 Å². The minimum Gasteiger partial charge on any atom is -0.340 e. The van der Waals surface area contributed by atoms with E-state index in [9.17, 15) is 4.79 Å². The summed E-state index contributed by atoms with van der Waals surface area (Å²) in [5.41, 5.74) is 3.79. The van der Waals surface area contributed by atoms with E-state index in [2.05, 4.69) is 37.6 Å². The first-order chi connectivity index (χ1) is 12.1. The number of hydrogen-bond donors (Lipinski definition) is 2. The van der Waals surface area contributed by atoms with E-state index in [0.717, 1.165) is 21.5 Å². The Bertz CT molecular complexity index is 878. The molecule has 3 rings (SSSR count). The van der Waals surface area contributed by atoms with E-state index in [1.165, 1.54) is 5.56 Å². The van der Waals surface area contributed by atoms with Crippen molar-refractivity contribution < 1.29 is 4.79 Å². The monoisotopic (exact) mass is 395 g/mol. The maximum atomic E-state index is 12.2. The number of benzene rings is 2. The third kappa shape index (κ3) is 4.90. The lowest BCUT2D eigenvalue weighted by atomic mass is 10.1. The van der Waals surface area contributed by atoms with Crippen LogP contribution in [0.3, 0.4) is 0 Å². The zero-order valence-electron chi connectivity index (χ0n) is 13.8. The number of nitrogens with one attached hydrogen (secondary N) is 2. The van der Waals surface area contributed by atoms with Gasteiger partial charge >= 0.3 is 0 Å². The Morgan fingerprint density at radius 3 is 2.60 bits per heavy atom. The third-order valence-corrected chi connectivity index (χ3v) is 4.42. The Morgan fingerprint density at radius 1 is 1.04 bits per heavy atom. The minimum atomic E-state index is -0.0758. The highest BCUT2D eigenvalue weighted by Gasteiger charge is 2.07. The summed E-state index contributed by atoms with van der Waals surface area (Å²) in [6, 6.07) is 19.5. The average Bonchev–Trinajstić information content (AvgIpc) is 2.59. The van der Waals surface area contributed by atoms with Crippen molar-refractivity contribution in [2.45, 2.75) is 13.3 Å². The van der Waals surface area contributed by atoms with Crippen LogP contribution in [-0.4, -0.2) is 10.9 Å². The Balaban J connectivity index is 1.60. The van der Waals surface area contributed by atoms with Crippen LogP contribution in [0.15, 0.2) is 71.3 Å². The first-order valence-corrected chi connectivity index (χ1v) is 8.72. The molecule has 0 atom stereocenters. The summed E-state index contributed by atoms with van der Waals surface area (Å²) in [6.07, 6.45) is 1.96. The molecule has 0 saturated carbocycles. The highest BCUT2D eigenvalue weighted by molar-refractivity contribution is 9.10. The number of carbonyl (C=O) groups excluding carboxylic acids is 1. The minimum absolute atomic E-state index is 0.0758. The quantitative estimate of drug-likeness (QED) is 0.633. The maximum Gasteiger partial charge on any atom is 0.228 e. The summed E-state index contributed by atoms with van der Waals surface area (Å²) in [5, 5.41) is 6.11. The lowest BCUT2D eigenvalue weighted by molar-refractivity contribution is -0.115. The standard InChI is InChI=1S/C20H18BrN3O/c1-14-5-4-7-16(11-14)23-19-10-9-17(13-22-19)24-20(25)12-15-6-2-3-8-18(15)21/h2-11,13H,12H2,1H3,(H,22,23)(H,24,25). The van der Waals surface area contributed by atoms with Crippen molar-refractivity contribution in [1.29, 1.82) is 0 Å². The van der Waals surface area contributed by atoms with E-state index in [4.69, 9.17) is 0 Å². The predicted octanol–water partition coefficient (Wildman–Crippen LogP) is 5.08. The molecule has 4 nitrogen and oxygen atoms in total. The number of aromatic nitrogens is 1. The summed E-state index contributed by atoms with van der Waals surface area (Å²) in [4.78, 5) is 16.5. The van der Waals surface area contributed by atoms with Gasteiger partial charge in [-0.25, -0.2) is 4.98 Å². The Morgan fingerprint density at radius 2 is 1.88 bits per heavy atom. The van der Waals surface area contributed by atoms with Gasteiger partial charge in [0.15, 0.2) is 0 Å². The second-order valence-electron chi connectivity index (χ2n) is 5.74. The van der Waals surface area contributed by atoms with Gasteiger partial charge in [-0.2, -0.15) is 0 Å². The smallest absolute Gasteiger partial charge is 0.228 e. The maximum absolute atomic E-state index is 12.2. The molecular weight excluding hydrogens is 378 g/mol. The molecule has 0 spiro atoms. The zero-order chi connectivity index (χ0) is 17.6. The van der Waals surface area contributed by atoms with Gasteiger partial charge in [0.2, 0.25) is 5.91 Å². The van der Waals surface area contributed by atoms with Gasteiger partial charge in [-0.15, -0.1) is 0 Å². The van der Waals surface area contributed by atoms with Crippen LogP contribution in [0.4, 0.5) is 17.2 Å². The molecular formula is C20H18BrN3O. The largest absolute Gasteiger partial charge is 0.340 e. The van der Waals surface area contributed by atoms with Gasteiger partial charge in [-0.1, -0.05) is 46.3 Å². The van der Waals surface area contributed by atoms with Crippen molar-refractivity contribution in [1.82, 2.24) is 4.98 Å². The van der Waals surface area contributed by atoms with E-state index < -0.39 is 0 Å². The molecule has 0 aliphatic rings. The summed E-state index contributed by atoms with van der Waals surface area (Å²) < 4.78 is 0.931. The second kappa shape index (κ2) is 7.94. The molecule has 5 heteroatoms. The highest BCUT2D eigenvalue weighted by Crippen LogP contribution is 2.19. The number of rotatable bonds is 5. The number of hydrogen-bond acceptors (Lipinski definition) is 3. The molecule has 0 unspecified atom stereocenters. The van der Waals surface area contributed by atoms with E-state index in [1.54, 1.807) is 6.20 Å². The number of aryl methyl sites for hydroxylation is 1. The van der Waals surface area contributed by atoms with E-state index in [1.807, 2.05) is 61.5 Å². The van der Waals surface area contributed by atoms with Gasteiger partial charge in [0.25, 0.3) is 0 Å². The fraction of sp³-hybridized carbons (Fsp3) is 0.100. The van der Waals surface area contributed by atoms with Crippen molar-refractivity contribution in [3.63, 3.8) is 0 Å². The fourth-order valence-corrected chi connectivity index (χ4v) is 2.86. The molecule has 0 saturated heterocycles. The SMILES string of the molecule is Cc1cccc(Nc2ccc(NC(=O)Cc3ccccc3Br)cn2)c1. The summed E-state index contributed by atoms with van der Waals surface area (Å²) in [6.45, 7) is 2.04. The summed E-state index contributed by atoms with van der Waals surface area (Å²) in [7, 11) is 0. The Labute approximate surface area is 155 Å². The summed E-state index contributed by atoms with van der Waals surface area (Å²) >= 11 is 3.46. The second-order valence-corrected chi connectivity index (χ2v) is 6.60. The highest BCUT2D eigenvalue weighted by atomic mass is 79.9. The fourth-order valence-electron chi connectivity index (χ4n) is 2.43. The molecule has 2 N–H and O–H groups in total. The molecule has 2 aromatic carbocycles. The molecule has 0 bridgehead atoms. The number of amides is 1. The van der Waals surface area contributed by atoms with Gasteiger partial charge in [0.05, 0.1) is 18.3 Å². The normalized spacial score (nSPS) is 10.3. The van der Waals surface area contributed by atoms with Crippen LogP contribution in [0.5, 0.6) is 0 Å². The van der Waals surface area contributed by atoms with Gasteiger partial charge in [-0.3, -0.25) is 4.79 Å². The van der Waals surface area contributed by atoms with Crippen LogP contribution in [0.2, 0.25) is 0 Å². The van der Waals surface area contributed by atoms with Crippen LogP contribution in [0.1, 0.15) is 11.1 Å². The zero-order valence-corrected chi connectivity index (χ0v) is 15.4. The molecule has 3 aromatic rings. The van der Waals surface area contributed by atoms with Crippen molar-refractivity contribution in [3.8, 4) is 0 Å². The number of anilines is 3. The molecule has 1 heterocycles. The number of pyridine rings is 1. The molecule has 0 aliphatic carbocycles. The molecule has 0 aliphatic heterocycles.